The SMILES string of the molecule is CS(=O)(=O)Oc1ccc2c(=O)c(Oc3ccccc3Br)coc2c1. The summed E-state index contributed by atoms with van der Waals surface area (Å²) in [5.74, 6) is 0.556. The second kappa shape index (κ2) is 6.29. The molecule has 2 aromatic carbocycles. The fraction of sp³-hybridized carbons (Fsp3) is 0.0625. The van der Waals surface area contributed by atoms with E-state index < -0.39 is 10.1 Å². The first-order valence-electron chi connectivity index (χ1n) is 6.71. The van der Waals surface area contributed by atoms with E-state index in [-0.39, 0.29) is 27.9 Å². The van der Waals surface area contributed by atoms with Crippen LogP contribution in [0, 0.1) is 0 Å². The lowest BCUT2D eigenvalue weighted by Gasteiger charge is -2.08. The molecule has 24 heavy (non-hydrogen) atoms. The lowest BCUT2D eigenvalue weighted by Crippen LogP contribution is -2.07. The molecule has 1 aromatic heterocycles. The van der Waals surface area contributed by atoms with Crippen molar-refractivity contribution in [2.45, 2.75) is 0 Å². The van der Waals surface area contributed by atoms with Crippen LogP contribution >= 0.6 is 15.9 Å². The average molecular weight is 411 g/mol. The summed E-state index contributed by atoms with van der Waals surface area (Å²) in [5.41, 5.74) is -0.182. The van der Waals surface area contributed by atoms with Crippen LogP contribution in [-0.4, -0.2) is 14.7 Å². The molecular formula is C16H11BrO6S. The number of hydrogen-bond donors (Lipinski definition) is 0. The first kappa shape index (κ1) is 16.5. The fourth-order valence-electron chi connectivity index (χ4n) is 2.03. The number of rotatable bonds is 4. The van der Waals surface area contributed by atoms with Crippen molar-refractivity contribution in [3.05, 3.63) is 63.4 Å². The third-order valence-corrected chi connectivity index (χ3v) is 4.17. The van der Waals surface area contributed by atoms with Gasteiger partial charge in [0.05, 0.1) is 16.1 Å². The van der Waals surface area contributed by atoms with Crippen molar-refractivity contribution < 1.29 is 21.8 Å². The van der Waals surface area contributed by atoms with Crippen molar-refractivity contribution in [2.75, 3.05) is 6.26 Å². The predicted molar refractivity (Wildman–Crippen MR) is 92.2 cm³/mol. The summed E-state index contributed by atoms with van der Waals surface area (Å²) in [6.07, 6.45) is 2.11. The molecule has 0 N–H and O–H groups in total. The number of hydrogen-bond acceptors (Lipinski definition) is 6. The molecule has 0 aliphatic carbocycles. The Morgan fingerprint density at radius 3 is 2.54 bits per heavy atom. The highest BCUT2D eigenvalue weighted by Gasteiger charge is 2.12. The van der Waals surface area contributed by atoms with Crippen molar-refractivity contribution in [3.8, 4) is 17.2 Å². The van der Waals surface area contributed by atoms with Gasteiger partial charge in [-0.1, -0.05) is 12.1 Å². The number of benzene rings is 2. The fourth-order valence-corrected chi connectivity index (χ4v) is 2.85. The zero-order valence-corrected chi connectivity index (χ0v) is 14.8. The maximum atomic E-state index is 12.5. The van der Waals surface area contributed by atoms with Gasteiger partial charge in [0, 0.05) is 6.07 Å². The van der Waals surface area contributed by atoms with Crippen molar-refractivity contribution in [3.63, 3.8) is 0 Å². The zero-order chi connectivity index (χ0) is 17.3. The molecule has 0 unspecified atom stereocenters. The van der Waals surface area contributed by atoms with Crippen LogP contribution in [0.5, 0.6) is 17.2 Å². The highest BCUT2D eigenvalue weighted by molar-refractivity contribution is 9.10. The van der Waals surface area contributed by atoms with Gasteiger partial charge in [-0.05, 0) is 40.2 Å². The largest absolute Gasteiger partial charge is 0.460 e. The van der Waals surface area contributed by atoms with Gasteiger partial charge in [0.1, 0.15) is 23.3 Å². The molecule has 0 aliphatic heterocycles. The Morgan fingerprint density at radius 2 is 1.83 bits per heavy atom. The monoisotopic (exact) mass is 410 g/mol. The van der Waals surface area contributed by atoms with Crippen molar-refractivity contribution in [2.24, 2.45) is 0 Å². The van der Waals surface area contributed by atoms with Gasteiger partial charge in [-0.2, -0.15) is 8.42 Å². The summed E-state index contributed by atoms with van der Waals surface area (Å²) in [6.45, 7) is 0. The van der Waals surface area contributed by atoms with Crippen LogP contribution in [0.25, 0.3) is 11.0 Å². The number of halogens is 1. The van der Waals surface area contributed by atoms with E-state index in [1.807, 2.05) is 6.07 Å². The van der Waals surface area contributed by atoms with Gasteiger partial charge in [0.25, 0.3) is 0 Å². The van der Waals surface area contributed by atoms with E-state index in [1.165, 1.54) is 24.5 Å². The van der Waals surface area contributed by atoms with E-state index in [2.05, 4.69) is 15.9 Å². The molecule has 0 saturated carbocycles. The minimum atomic E-state index is -3.66. The summed E-state index contributed by atoms with van der Waals surface area (Å²) in [4.78, 5) is 12.5. The topological polar surface area (TPSA) is 82.8 Å². The first-order chi connectivity index (χ1) is 11.3. The normalized spacial score (nSPS) is 11.4. The highest BCUT2D eigenvalue weighted by Crippen LogP contribution is 2.29. The summed E-state index contributed by atoms with van der Waals surface area (Å²) in [5, 5.41) is 0.250. The molecule has 0 spiro atoms. The van der Waals surface area contributed by atoms with Crippen LogP contribution < -0.4 is 14.3 Å². The van der Waals surface area contributed by atoms with Gasteiger partial charge in [-0.25, -0.2) is 0 Å². The van der Waals surface area contributed by atoms with Gasteiger partial charge in [-0.3, -0.25) is 4.79 Å². The third kappa shape index (κ3) is 3.60. The Hall–Kier alpha value is -2.32. The van der Waals surface area contributed by atoms with Crippen LogP contribution in [0.4, 0.5) is 0 Å². The minimum absolute atomic E-state index is 0.0196. The van der Waals surface area contributed by atoms with Crippen LogP contribution in [0.2, 0.25) is 0 Å². The predicted octanol–water partition coefficient (Wildman–Crippen LogP) is 3.69. The highest BCUT2D eigenvalue weighted by atomic mass is 79.9. The standard InChI is InChI=1S/C16H11BrO6S/c1-24(19,20)23-10-6-7-11-14(8-10)21-9-15(16(11)18)22-13-5-3-2-4-12(13)17/h2-9H,1H3. The Bertz CT molecular complexity index is 1070. The Kier molecular flexibility index (Phi) is 4.33. The second-order valence-electron chi connectivity index (χ2n) is 4.91. The zero-order valence-electron chi connectivity index (χ0n) is 12.4. The number of ether oxygens (including phenoxy) is 1. The third-order valence-electron chi connectivity index (χ3n) is 3.02. The Labute approximate surface area is 145 Å². The van der Waals surface area contributed by atoms with Gasteiger partial charge in [0.2, 0.25) is 11.2 Å². The van der Waals surface area contributed by atoms with Crippen molar-refractivity contribution in [1.82, 2.24) is 0 Å². The van der Waals surface area contributed by atoms with Crippen molar-refractivity contribution in [1.29, 1.82) is 0 Å². The smallest absolute Gasteiger partial charge is 0.306 e. The first-order valence-corrected chi connectivity index (χ1v) is 9.32. The summed E-state index contributed by atoms with van der Waals surface area (Å²) in [6, 6.07) is 11.2. The lowest BCUT2D eigenvalue weighted by atomic mass is 10.2. The van der Waals surface area contributed by atoms with Gasteiger partial charge < -0.3 is 13.3 Å². The molecule has 0 fully saturated rings. The number of para-hydroxylation sites is 1. The van der Waals surface area contributed by atoms with Gasteiger partial charge in [0.15, 0.2) is 0 Å². The molecule has 8 heteroatoms. The molecule has 0 aliphatic rings. The Balaban J connectivity index is 2.01. The molecule has 3 aromatic rings. The molecular weight excluding hydrogens is 400 g/mol. The van der Waals surface area contributed by atoms with Crippen LogP contribution in [-0.2, 0) is 10.1 Å². The van der Waals surface area contributed by atoms with Crippen LogP contribution in [0.15, 0.2) is 62.4 Å². The molecule has 0 radical (unpaired) electrons. The molecule has 0 amide bonds. The molecule has 0 saturated heterocycles. The van der Waals surface area contributed by atoms with E-state index >= 15 is 0 Å². The summed E-state index contributed by atoms with van der Waals surface area (Å²) < 4.78 is 38.7. The van der Waals surface area contributed by atoms with Gasteiger partial charge in [-0.15, -0.1) is 0 Å². The Morgan fingerprint density at radius 1 is 1.08 bits per heavy atom. The molecule has 1 heterocycles. The minimum Gasteiger partial charge on any atom is -0.460 e. The van der Waals surface area contributed by atoms with Gasteiger partial charge >= 0.3 is 10.1 Å². The maximum absolute atomic E-state index is 12.5. The molecule has 6 nitrogen and oxygen atoms in total. The quantitative estimate of drug-likeness (QED) is 0.609. The number of fused-ring (bicyclic) bond motifs is 1. The maximum Gasteiger partial charge on any atom is 0.306 e. The molecule has 0 atom stereocenters. The van der Waals surface area contributed by atoms with E-state index in [1.54, 1.807) is 18.2 Å². The van der Waals surface area contributed by atoms with E-state index in [0.29, 0.717) is 10.2 Å². The van der Waals surface area contributed by atoms with Crippen LogP contribution in [0.3, 0.4) is 0 Å². The molecule has 3 rings (SSSR count). The molecule has 124 valence electrons. The van der Waals surface area contributed by atoms with E-state index in [0.717, 1.165) is 6.26 Å². The average Bonchev–Trinajstić information content (AvgIpc) is 2.50. The van der Waals surface area contributed by atoms with Crippen molar-refractivity contribution >= 4 is 37.0 Å². The summed E-state index contributed by atoms with van der Waals surface area (Å²) in [7, 11) is -3.66. The van der Waals surface area contributed by atoms with E-state index in [9.17, 15) is 13.2 Å². The lowest BCUT2D eigenvalue weighted by molar-refractivity contribution is 0.448. The summed E-state index contributed by atoms with van der Waals surface area (Å²) >= 11 is 3.33. The second-order valence-corrected chi connectivity index (χ2v) is 7.34. The van der Waals surface area contributed by atoms with Crippen LogP contribution in [0.1, 0.15) is 0 Å². The van der Waals surface area contributed by atoms with E-state index in [4.69, 9.17) is 13.3 Å². The molecule has 0 bridgehead atoms.